The number of rotatable bonds is 5. The molecule has 1 aromatic rings. The Kier molecular flexibility index (Phi) is 4.54. The van der Waals surface area contributed by atoms with Gasteiger partial charge in [-0.1, -0.05) is 6.08 Å². The molecule has 0 saturated heterocycles. The van der Waals surface area contributed by atoms with Crippen molar-refractivity contribution in [2.75, 3.05) is 26.7 Å². The van der Waals surface area contributed by atoms with E-state index in [1.807, 2.05) is 11.0 Å². The van der Waals surface area contributed by atoms with Crippen LogP contribution in [0.3, 0.4) is 0 Å². The molecule has 2 N–H and O–H groups in total. The van der Waals surface area contributed by atoms with E-state index in [0.717, 1.165) is 24.1 Å². The molecule has 1 aliphatic rings. The van der Waals surface area contributed by atoms with Gasteiger partial charge in [-0.2, -0.15) is 0 Å². The van der Waals surface area contributed by atoms with Crippen LogP contribution >= 0.6 is 0 Å². The minimum absolute atomic E-state index is 0.00219. The molecule has 0 unspecified atom stereocenters. The number of hydrogen-bond acceptors (Lipinski definition) is 5. The van der Waals surface area contributed by atoms with Crippen molar-refractivity contribution in [3.63, 3.8) is 0 Å². The largest absolute Gasteiger partial charge is 0.496 e. The third-order valence-electron chi connectivity index (χ3n) is 3.41. The highest BCUT2D eigenvalue weighted by molar-refractivity contribution is 5.76. The van der Waals surface area contributed by atoms with Gasteiger partial charge < -0.3 is 10.5 Å². The third-order valence-corrected chi connectivity index (χ3v) is 3.41. The summed E-state index contributed by atoms with van der Waals surface area (Å²) in [4.78, 5) is 23.2. The van der Waals surface area contributed by atoms with Crippen LogP contribution in [0.5, 0.6) is 5.75 Å². The topological polar surface area (TPSA) is 98.7 Å². The molecule has 0 atom stereocenters. The van der Waals surface area contributed by atoms with Crippen LogP contribution in [0.15, 0.2) is 24.3 Å². The van der Waals surface area contributed by atoms with Crippen molar-refractivity contribution in [3.05, 3.63) is 40.0 Å². The molecule has 7 nitrogen and oxygen atoms in total. The molecular weight excluding hydrogens is 274 g/mol. The monoisotopic (exact) mass is 291 g/mol. The Bertz CT molecular complexity index is 598. The Morgan fingerprint density at radius 3 is 2.81 bits per heavy atom. The highest BCUT2D eigenvalue weighted by atomic mass is 16.6. The Morgan fingerprint density at radius 1 is 1.52 bits per heavy atom. The van der Waals surface area contributed by atoms with Crippen molar-refractivity contribution in [2.24, 2.45) is 5.73 Å². The second-order valence-electron chi connectivity index (χ2n) is 4.82. The van der Waals surface area contributed by atoms with E-state index in [4.69, 9.17) is 10.5 Å². The van der Waals surface area contributed by atoms with Gasteiger partial charge in [-0.15, -0.1) is 0 Å². The summed E-state index contributed by atoms with van der Waals surface area (Å²) in [5.74, 6) is 0.138. The van der Waals surface area contributed by atoms with Crippen molar-refractivity contribution in [1.82, 2.24) is 4.90 Å². The molecule has 0 radical (unpaired) electrons. The summed E-state index contributed by atoms with van der Waals surface area (Å²) < 4.78 is 5.25. The van der Waals surface area contributed by atoms with Crippen molar-refractivity contribution in [3.8, 4) is 5.75 Å². The molecule has 2 rings (SSSR count). The quantitative estimate of drug-likeness (QED) is 0.648. The number of carbonyl (C=O) groups excluding carboxylic acids is 1. The van der Waals surface area contributed by atoms with Gasteiger partial charge in [0.25, 0.3) is 5.69 Å². The number of primary amides is 1. The second kappa shape index (κ2) is 6.36. The summed E-state index contributed by atoms with van der Waals surface area (Å²) in [7, 11) is 1.49. The maximum absolute atomic E-state index is 10.9. The van der Waals surface area contributed by atoms with Crippen LogP contribution in [0.4, 0.5) is 5.69 Å². The SMILES string of the molecule is COc1cc([N+](=O)[O-])ccc1C1=CCN(CC(N)=O)CC1. The minimum atomic E-state index is -0.448. The van der Waals surface area contributed by atoms with E-state index in [-0.39, 0.29) is 18.1 Å². The van der Waals surface area contributed by atoms with Crippen LogP contribution in [0.1, 0.15) is 12.0 Å². The molecule has 0 aromatic heterocycles. The fourth-order valence-corrected chi connectivity index (χ4v) is 2.38. The van der Waals surface area contributed by atoms with Crippen molar-refractivity contribution >= 4 is 17.2 Å². The second-order valence-corrected chi connectivity index (χ2v) is 4.82. The molecule has 112 valence electrons. The zero-order valence-corrected chi connectivity index (χ0v) is 11.7. The van der Waals surface area contributed by atoms with Gasteiger partial charge in [0.15, 0.2) is 0 Å². The summed E-state index contributed by atoms with van der Waals surface area (Å²) in [6.45, 7) is 1.58. The molecule has 1 heterocycles. The average Bonchev–Trinajstić information content (AvgIpc) is 2.46. The van der Waals surface area contributed by atoms with Gasteiger partial charge in [0.05, 0.1) is 24.6 Å². The minimum Gasteiger partial charge on any atom is -0.496 e. The Morgan fingerprint density at radius 2 is 2.29 bits per heavy atom. The number of nitrogens with zero attached hydrogens (tertiary/aromatic N) is 2. The Hall–Kier alpha value is -2.41. The van der Waals surface area contributed by atoms with E-state index in [1.165, 1.54) is 19.2 Å². The normalized spacial score (nSPS) is 15.4. The molecule has 1 aliphatic heterocycles. The highest BCUT2D eigenvalue weighted by Gasteiger charge is 2.18. The lowest BCUT2D eigenvalue weighted by atomic mass is 9.98. The van der Waals surface area contributed by atoms with Crippen molar-refractivity contribution in [1.29, 1.82) is 0 Å². The lowest BCUT2D eigenvalue weighted by Crippen LogP contribution is -2.36. The summed E-state index contributed by atoms with van der Waals surface area (Å²) in [6.07, 6.45) is 2.73. The number of benzene rings is 1. The first-order chi connectivity index (χ1) is 10.0. The fraction of sp³-hybridized carbons (Fsp3) is 0.357. The van der Waals surface area contributed by atoms with Gasteiger partial charge in [-0.25, -0.2) is 0 Å². The molecule has 0 saturated carbocycles. The number of nitro benzene ring substituents is 1. The molecule has 21 heavy (non-hydrogen) atoms. The zero-order chi connectivity index (χ0) is 15.4. The van der Waals surface area contributed by atoms with E-state index >= 15 is 0 Å². The lowest BCUT2D eigenvalue weighted by molar-refractivity contribution is -0.384. The number of nitrogens with two attached hydrogens (primary N) is 1. The number of methoxy groups -OCH3 is 1. The zero-order valence-electron chi connectivity index (χ0n) is 11.7. The van der Waals surface area contributed by atoms with Crippen LogP contribution < -0.4 is 10.5 Å². The van der Waals surface area contributed by atoms with Gasteiger partial charge >= 0.3 is 0 Å². The molecule has 0 spiro atoms. The maximum atomic E-state index is 10.9. The molecule has 0 bridgehead atoms. The Balaban J connectivity index is 2.21. The average molecular weight is 291 g/mol. The first-order valence-corrected chi connectivity index (χ1v) is 6.53. The lowest BCUT2D eigenvalue weighted by Gasteiger charge is -2.25. The van der Waals surface area contributed by atoms with E-state index < -0.39 is 4.92 Å². The van der Waals surface area contributed by atoms with E-state index in [9.17, 15) is 14.9 Å². The predicted octanol–water partition coefficient (Wildman–Crippen LogP) is 1.18. The number of amides is 1. The van der Waals surface area contributed by atoms with Crippen LogP contribution in [0.2, 0.25) is 0 Å². The highest BCUT2D eigenvalue weighted by Crippen LogP contribution is 2.33. The summed E-state index contributed by atoms with van der Waals surface area (Å²) >= 11 is 0. The first-order valence-electron chi connectivity index (χ1n) is 6.53. The number of hydrogen-bond donors (Lipinski definition) is 1. The summed E-state index contributed by atoms with van der Waals surface area (Å²) in [6, 6.07) is 4.59. The standard InChI is InChI=1S/C14H17N3O4/c1-21-13-8-11(17(19)20)2-3-12(13)10-4-6-16(7-5-10)9-14(15)18/h2-4,8H,5-7,9H2,1H3,(H2,15,18). The first kappa shape index (κ1) is 15.0. The number of nitro groups is 1. The van der Waals surface area contributed by atoms with Crippen LogP contribution in [-0.2, 0) is 4.79 Å². The molecular formula is C14H17N3O4. The van der Waals surface area contributed by atoms with Gasteiger partial charge in [0.2, 0.25) is 5.91 Å². The number of carbonyl (C=O) groups is 1. The fourth-order valence-electron chi connectivity index (χ4n) is 2.38. The molecule has 1 aromatic carbocycles. The van der Waals surface area contributed by atoms with Gasteiger partial charge in [0.1, 0.15) is 5.75 Å². The number of ether oxygens (including phenoxy) is 1. The third kappa shape index (κ3) is 3.57. The number of non-ortho nitro benzene ring substituents is 1. The molecule has 0 aliphatic carbocycles. The Labute approximate surface area is 122 Å². The molecule has 7 heteroatoms. The van der Waals surface area contributed by atoms with Crippen molar-refractivity contribution < 1.29 is 14.5 Å². The molecule has 0 fully saturated rings. The van der Waals surface area contributed by atoms with Crippen LogP contribution in [0.25, 0.3) is 5.57 Å². The van der Waals surface area contributed by atoms with E-state index in [0.29, 0.717) is 12.3 Å². The maximum Gasteiger partial charge on any atom is 0.273 e. The summed E-state index contributed by atoms with van der Waals surface area (Å²) in [5, 5.41) is 10.8. The van der Waals surface area contributed by atoms with Gasteiger partial charge in [-0.3, -0.25) is 19.8 Å². The van der Waals surface area contributed by atoms with E-state index in [1.54, 1.807) is 6.07 Å². The van der Waals surface area contributed by atoms with Gasteiger partial charge in [-0.05, 0) is 18.1 Å². The van der Waals surface area contributed by atoms with Crippen molar-refractivity contribution in [2.45, 2.75) is 6.42 Å². The predicted molar refractivity (Wildman–Crippen MR) is 77.9 cm³/mol. The van der Waals surface area contributed by atoms with Crippen LogP contribution in [0, 0.1) is 10.1 Å². The summed E-state index contributed by atoms with van der Waals surface area (Å²) in [5.41, 5.74) is 7.08. The molecule has 1 amide bonds. The van der Waals surface area contributed by atoms with Crippen LogP contribution in [-0.4, -0.2) is 42.5 Å². The van der Waals surface area contributed by atoms with Gasteiger partial charge in [0, 0.05) is 24.7 Å². The van der Waals surface area contributed by atoms with E-state index in [2.05, 4.69) is 0 Å². The smallest absolute Gasteiger partial charge is 0.273 e.